The van der Waals surface area contributed by atoms with Crippen LogP contribution in [-0.4, -0.2) is 23.8 Å². The Morgan fingerprint density at radius 3 is 2.43 bits per heavy atom. The van der Waals surface area contributed by atoms with E-state index < -0.39 is 0 Å². The largest absolute Gasteiger partial charge is 0.396 e. The average Bonchev–Trinajstić information content (AvgIpc) is 3.29. The Hall–Kier alpha value is -1.62. The molecule has 0 heterocycles. The summed E-state index contributed by atoms with van der Waals surface area (Å²) in [5.41, 5.74) is 0.928. The maximum Gasteiger partial charge on any atom is 0.315 e. The molecule has 3 N–H and O–H groups in total. The topological polar surface area (TPSA) is 61.4 Å². The number of carbonyl (C=O) groups excluding carboxylic acids is 1. The first-order valence-electron chi connectivity index (χ1n) is 7.44. The summed E-state index contributed by atoms with van der Waals surface area (Å²) in [6.07, 6.45) is 2.15. The molecule has 5 heteroatoms. The van der Waals surface area contributed by atoms with Crippen LogP contribution in [0.3, 0.4) is 0 Å². The fraction of sp³-hybridized carbons (Fsp3) is 0.562. The summed E-state index contributed by atoms with van der Waals surface area (Å²) in [5.74, 6) is 0.149. The van der Waals surface area contributed by atoms with Gasteiger partial charge in [0.15, 0.2) is 0 Å². The standard InChI is InChI=1S/C16H23FN2O2/c1-10(9-20)11(2)18-16(21)19-15(12-3-4-12)13-5-7-14(17)8-6-13/h5-8,10-12,15,20H,3-4,9H2,1-2H3,(H2,18,19,21). The van der Waals surface area contributed by atoms with Crippen LogP contribution in [0.2, 0.25) is 0 Å². The van der Waals surface area contributed by atoms with Crippen LogP contribution in [0, 0.1) is 17.7 Å². The number of aliphatic hydroxyl groups is 1. The summed E-state index contributed by atoms with van der Waals surface area (Å²) in [7, 11) is 0. The predicted molar refractivity (Wildman–Crippen MR) is 79.2 cm³/mol. The first-order valence-corrected chi connectivity index (χ1v) is 7.44. The van der Waals surface area contributed by atoms with Gasteiger partial charge in [-0.3, -0.25) is 0 Å². The van der Waals surface area contributed by atoms with Crippen LogP contribution in [-0.2, 0) is 0 Å². The minimum absolute atomic E-state index is 0.000876. The van der Waals surface area contributed by atoms with E-state index in [-0.39, 0.29) is 36.5 Å². The molecule has 1 aliphatic carbocycles. The first-order chi connectivity index (χ1) is 10.0. The molecule has 0 saturated heterocycles. The first kappa shape index (κ1) is 15.8. The lowest BCUT2D eigenvalue weighted by atomic mass is 10.0. The van der Waals surface area contributed by atoms with E-state index >= 15 is 0 Å². The smallest absolute Gasteiger partial charge is 0.315 e. The van der Waals surface area contributed by atoms with Crippen LogP contribution in [0.15, 0.2) is 24.3 Å². The van der Waals surface area contributed by atoms with Gasteiger partial charge in [-0.15, -0.1) is 0 Å². The summed E-state index contributed by atoms with van der Waals surface area (Å²) in [6.45, 7) is 3.78. The van der Waals surface area contributed by atoms with Crippen LogP contribution < -0.4 is 10.6 Å². The van der Waals surface area contributed by atoms with Crippen LogP contribution in [0.5, 0.6) is 0 Å². The molecule has 0 bridgehead atoms. The summed E-state index contributed by atoms with van der Waals surface area (Å²) in [6, 6.07) is 5.84. The van der Waals surface area contributed by atoms with E-state index in [1.807, 2.05) is 13.8 Å². The summed E-state index contributed by atoms with van der Waals surface area (Å²) < 4.78 is 13.0. The third-order valence-electron chi connectivity index (χ3n) is 4.11. The molecule has 1 aromatic rings. The maximum absolute atomic E-state index is 13.0. The maximum atomic E-state index is 13.0. The van der Waals surface area contributed by atoms with E-state index in [2.05, 4.69) is 10.6 Å². The fourth-order valence-electron chi connectivity index (χ4n) is 2.26. The molecular weight excluding hydrogens is 271 g/mol. The second kappa shape index (κ2) is 6.89. The molecule has 116 valence electrons. The Kier molecular flexibility index (Phi) is 5.17. The second-order valence-electron chi connectivity index (χ2n) is 5.93. The lowest BCUT2D eigenvalue weighted by Gasteiger charge is -2.23. The summed E-state index contributed by atoms with van der Waals surface area (Å²) >= 11 is 0. The van der Waals surface area contributed by atoms with Crippen LogP contribution >= 0.6 is 0 Å². The molecule has 1 aliphatic rings. The van der Waals surface area contributed by atoms with Gasteiger partial charge in [0, 0.05) is 12.6 Å². The summed E-state index contributed by atoms with van der Waals surface area (Å²) in [5, 5.41) is 14.9. The lowest BCUT2D eigenvalue weighted by Crippen LogP contribution is -2.45. The Labute approximate surface area is 124 Å². The molecule has 2 amide bonds. The van der Waals surface area contributed by atoms with Gasteiger partial charge in [0.1, 0.15) is 5.82 Å². The van der Waals surface area contributed by atoms with Gasteiger partial charge < -0.3 is 15.7 Å². The average molecular weight is 294 g/mol. The predicted octanol–water partition coefficient (Wildman–Crippen LogP) is 2.59. The number of urea groups is 1. The van der Waals surface area contributed by atoms with Gasteiger partial charge in [-0.25, -0.2) is 9.18 Å². The molecule has 3 unspecified atom stereocenters. The van der Waals surface area contributed by atoms with Gasteiger partial charge in [0.2, 0.25) is 0 Å². The van der Waals surface area contributed by atoms with E-state index in [9.17, 15) is 9.18 Å². The number of amides is 2. The van der Waals surface area contributed by atoms with Crippen molar-refractivity contribution >= 4 is 6.03 Å². The van der Waals surface area contributed by atoms with Crippen molar-refractivity contribution in [3.63, 3.8) is 0 Å². The third kappa shape index (κ3) is 4.43. The molecule has 1 fully saturated rings. The molecule has 21 heavy (non-hydrogen) atoms. The van der Waals surface area contributed by atoms with Crippen molar-refractivity contribution in [2.24, 2.45) is 11.8 Å². The molecule has 3 atom stereocenters. The molecule has 0 radical (unpaired) electrons. The van der Waals surface area contributed by atoms with E-state index in [4.69, 9.17) is 5.11 Å². The third-order valence-corrected chi connectivity index (χ3v) is 4.11. The van der Waals surface area contributed by atoms with Crippen molar-refractivity contribution in [2.75, 3.05) is 6.61 Å². The minimum atomic E-state index is -0.275. The molecule has 0 aliphatic heterocycles. The van der Waals surface area contributed by atoms with Crippen LogP contribution in [0.25, 0.3) is 0 Å². The van der Waals surface area contributed by atoms with Crippen molar-refractivity contribution in [3.05, 3.63) is 35.6 Å². The molecular formula is C16H23FN2O2. The quantitative estimate of drug-likeness (QED) is 0.755. The van der Waals surface area contributed by atoms with E-state index in [1.54, 1.807) is 12.1 Å². The normalized spacial score (nSPS) is 18.7. The monoisotopic (exact) mass is 294 g/mol. The van der Waals surface area contributed by atoms with Gasteiger partial charge in [-0.2, -0.15) is 0 Å². The molecule has 4 nitrogen and oxygen atoms in total. The fourth-order valence-corrected chi connectivity index (χ4v) is 2.26. The van der Waals surface area contributed by atoms with Gasteiger partial charge in [0.25, 0.3) is 0 Å². The number of halogens is 1. The SMILES string of the molecule is CC(CO)C(C)NC(=O)NC(c1ccc(F)cc1)C1CC1. The molecule has 0 spiro atoms. The number of rotatable bonds is 6. The van der Waals surface area contributed by atoms with Gasteiger partial charge in [0.05, 0.1) is 6.04 Å². The number of hydrogen-bond acceptors (Lipinski definition) is 2. The van der Waals surface area contributed by atoms with E-state index in [0.717, 1.165) is 18.4 Å². The number of carbonyl (C=O) groups is 1. The van der Waals surface area contributed by atoms with Gasteiger partial charge in [-0.05, 0) is 49.3 Å². The van der Waals surface area contributed by atoms with Crippen molar-refractivity contribution in [1.82, 2.24) is 10.6 Å². The van der Waals surface area contributed by atoms with Crippen molar-refractivity contribution < 1.29 is 14.3 Å². The Balaban J connectivity index is 1.97. The van der Waals surface area contributed by atoms with Gasteiger partial charge in [-0.1, -0.05) is 19.1 Å². The highest BCUT2D eigenvalue weighted by Crippen LogP contribution is 2.40. The van der Waals surface area contributed by atoms with Gasteiger partial charge >= 0.3 is 6.03 Å². The molecule has 1 saturated carbocycles. The highest BCUT2D eigenvalue weighted by molar-refractivity contribution is 5.74. The Morgan fingerprint density at radius 2 is 1.90 bits per heavy atom. The number of hydrogen-bond donors (Lipinski definition) is 3. The lowest BCUT2D eigenvalue weighted by molar-refractivity contribution is 0.198. The van der Waals surface area contributed by atoms with Crippen molar-refractivity contribution in [3.8, 4) is 0 Å². The molecule has 2 rings (SSSR count). The zero-order chi connectivity index (χ0) is 15.4. The number of aliphatic hydroxyl groups excluding tert-OH is 1. The van der Waals surface area contributed by atoms with Crippen molar-refractivity contribution in [2.45, 2.75) is 38.8 Å². The Morgan fingerprint density at radius 1 is 1.29 bits per heavy atom. The molecule has 1 aromatic carbocycles. The van der Waals surface area contributed by atoms with Crippen molar-refractivity contribution in [1.29, 1.82) is 0 Å². The zero-order valence-electron chi connectivity index (χ0n) is 12.5. The zero-order valence-corrected chi connectivity index (χ0v) is 12.5. The Bertz CT molecular complexity index is 474. The second-order valence-corrected chi connectivity index (χ2v) is 5.93. The van der Waals surface area contributed by atoms with Crippen LogP contribution in [0.1, 0.15) is 38.3 Å². The molecule has 0 aromatic heterocycles. The van der Waals surface area contributed by atoms with E-state index in [0.29, 0.717) is 5.92 Å². The van der Waals surface area contributed by atoms with E-state index in [1.165, 1.54) is 12.1 Å². The highest BCUT2D eigenvalue weighted by Gasteiger charge is 2.33. The number of benzene rings is 1. The van der Waals surface area contributed by atoms with Crippen LogP contribution in [0.4, 0.5) is 9.18 Å². The number of nitrogens with one attached hydrogen (secondary N) is 2. The summed E-state index contributed by atoms with van der Waals surface area (Å²) in [4.78, 5) is 12.1. The highest BCUT2D eigenvalue weighted by atomic mass is 19.1. The minimum Gasteiger partial charge on any atom is -0.396 e.